The zero-order valence-electron chi connectivity index (χ0n) is 19.9. The van der Waals surface area contributed by atoms with E-state index in [1.165, 1.54) is 51.4 Å². The Bertz CT molecular complexity index is 585. The van der Waals surface area contributed by atoms with Gasteiger partial charge < -0.3 is 10.2 Å². The molecular weight excluding hydrogens is 356 g/mol. The van der Waals surface area contributed by atoms with Crippen molar-refractivity contribution in [2.45, 2.75) is 123 Å². The lowest BCUT2D eigenvalue weighted by Crippen LogP contribution is -2.55. The molecule has 0 heterocycles. The van der Waals surface area contributed by atoms with E-state index in [1.54, 1.807) is 0 Å². The summed E-state index contributed by atoms with van der Waals surface area (Å²) in [6, 6.07) is 0. The van der Waals surface area contributed by atoms with Crippen molar-refractivity contribution in [2.75, 3.05) is 0 Å². The first-order valence-electron chi connectivity index (χ1n) is 13.0. The smallest absolute Gasteiger partial charge is 0.0622 e. The van der Waals surface area contributed by atoms with Gasteiger partial charge in [0.15, 0.2) is 0 Å². The third-order valence-electron chi connectivity index (χ3n) is 11.1. The molecule has 0 amide bonds. The van der Waals surface area contributed by atoms with E-state index in [0.717, 1.165) is 61.2 Å². The first kappa shape index (κ1) is 22.1. The molecule has 4 rings (SSSR count). The summed E-state index contributed by atoms with van der Waals surface area (Å²) >= 11 is 0. The molecule has 4 aliphatic rings. The largest absolute Gasteiger partial charge is 0.393 e. The number of fused-ring (bicyclic) bond motifs is 5. The molecule has 4 aliphatic carbocycles. The van der Waals surface area contributed by atoms with Gasteiger partial charge in [-0.2, -0.15) is 0 Å². The lowest BCUT2D eigenvalue weighted by Gasteiger charge is -2.62. The van der Waals surface area contributed by atoms with Crippen LogP contribution < -0.4 is 0 Å². The van der Waals surface area contributed by atoms with Crippen LogP contribution in [0.3, 0.4) is 0 Å². The van der Waals surface area contributed by atoms with E-state index in [2.05, 4.69) is 34.6 Å². The van der Waals surface area contributed by atoms with E-state index in [-0.39, 0.29) is 6.10 Å². The molecule has 0 radical (unpaired) electrons. The van der Waals surface area contributed by atoms with Gasteiger partial charge in [0.05, 0.1) is 11.7 Å². The summed E-state index contributed by atoms with van der Waals surface area (Å²) in [6.45, 7) is 11.9. The molecule has 10 atom stereocenters. The molecule has 0 spiro atoms. The molecule has 4 fully saturated rings. The average Bonchev–Trinajstić information content (AvgIpc) is 3.03. The topological polar surface area (TPSA) is 40.5 Å². The van der Waals surface area contributed by atoms with Crippen molar-refractivity contribution in [3.63, 3.8) is 0 Å². The normalized spacial score (nSPS) is 51.6. The predicted octanol–water partition coefficient (Wildman–Crippen LogP) is 6.58. The van der Waals surface area contributed by atoms with Crippen LogP contribution in [0.15, 0.2) is 0 Å². The molecule has 0 aromatic heterocycles. The summed E-state index contributed by atoms with van der Waals surface area (Å²) in [5, 5.41) is 20.8. The Labute approximate surface area is 180 Å². The Morgan fingerprint density at radius 2 is 1.59 bits per heavy atom. The quantitative estimate of drug-likeness (QED) is 0.543. The Hall–Kier alpha value is -0.0800. The first-order chi connectivity index (χ1) is 13.6. The number of aliphatic hydroxyl groups is 2. The second-order valence-corrected chi connectivity index (χ2v) is 12.7. The SMILES string of the molecule is CC[C@@H](O)CC[C@@H](C)[C@H]1CC[C@H]2[C@@H]3CC[C@@H]4C[C@@](C)(O)CC[C@]4(C)[C@H]3CC[C@]12C. The van der Waals surface area contributed by atoms with Crippen LogP contribution in [0.5, 0.6) is 0 Å². The summed E-state index contributed by atoms with van der Waals surface area (Å²) < 4.78 is 0. The number of rotatable bonds is 5. The Kier molecular flexibility index (Phi) is 5.95. The lowest BCUT2D eigenvalue weighted by atomic mass is 9.43. The highest BCUT2D eigenvalue weighted by Gasteiger charge is 2.61. The summed E-state index contributed by atoms with van der Waals surface area (Å²) in [6.07, 6.45) is 14.7. The number of aliphatic hydroxyl groups excluding tert-OH is 1. The monoisotopic (exact) mass is 404 g/mol. The third-order valence-corrected chi connectivity index (χ3v) is 11.1. The minimum Gasteiger partial charge on any atom is -0.393 e. The highest BCUT2D eigenvalue weighted by Crippen LogP contribution is 2.68. The van der Waals surface area contributed by atoms with E-state index in [0.29, 0.717) is 10.8 Å². The Balaban J connectivity index is 1.48. The summed E-state index contributed by atoms with van der Waals surface area (Å²) in [5.74, 6) is 5.09. The molecule has 0 bridgehead atoms. The van der Waals surface area contributed by atoms with Crippen molar-refractivity contribution in [2.24, 2.45) is 46.3 Å². The van der Waals surface area contributed by atoms with Crippen LogP contribution in [0.1, 0.15) is 112 Å². The van der Waals surface area contributed by atoms with E-state index in [4.69, 9.17) is 0 Å². The van der Waals surface area contributed by atoms with Crippen molar-refractivity contribution in [1.82, 2.24) is 0 Å². The van der Waals surface area contributed by atoms with Gasteiger partial charge in [0.1, 0.15) is 0 Å². The molecule has 0 aromatic carbocycles. The summed E-state index contributed by atoms with van der Waals surface area (Å²) in [5.41, 5.74) is 0.583. The maximum atomic E-state index is 10.7. The Morgan fingerprint density at radius 3 is 2.31 bits per heavy atom. The molecule has 0 unspecified atom stereocenters. The van der Waals surface area contributed by atoms with Crippen molar-refractivity contribution in [1.29, 1.82) is 0 Å². The molecular formula is C27H48O2. The zero-order chi connectivity index (χ0) is 21.0. The molecule has 2 nitrogen and oxygen atoms in total. The number of hydrogen-bond acceptors (Lipinski definition) is 2. The molecule has 0 aromatic rings. The summed E-state index contributed by atoms with van der Waals surface area (Å²) in [7, 11) is 0. The number of hydrogen-bond donors (Lipinski definition) is 2. The fourth-order valence-electron chi connectivity index (χ4n) is 9.27. The van der Waals surface area contributed by atoms with Gasteiger partial charge in [0.25, 0.3) is 0 Å². The standard InChI is InChI=1S/C27H48O2/c1-6-20(28)9-7-18(2)22-11-12-23-21-10-8-19-17-25(3,29)15-16-26(19,4)24(21)13-14-27(22,23)5/h18-24,28-29H,6-17H2,1-5H3/t18-,19-,20-,21+,22-,23+,24+,25+,26+,27-/m1/s1. The van der Waals surface area contributed by atoms with E-state index in [1.807, 2.05) is 0 Å². The van der Waals surface area contributed by atoms with Crippen LogP contribution in [0.4, 0.5) is 0 Å². The van der Waals surface area contributed by atoms with Crippen molar-refractivity contribution in [3.8, 4) is 0 Å². The third kappa shape index (κ3) is 3.73. The molecule has 2 N–H and O–H groups in total. The van der Waals surface area contributed by atoms with Crippen molar-refractivity contribution in [3.05, 3.63) is 0 Å². The van der Waals surface area contributed by atoms with Gasteiger partial charge in [-0.3, -0.25) is 0 Å². The first-order valence-corrected chi connectivity index (χ1v) is 13.0. The van der Waals surface area contributed by atoms with Crippen LogP contribution in [-0.2, 0) is 0 Å². The maximum absolute atomic E-state index is 10.7. The van der Waals surface area contributed by atoms with Crippen LogP contribution in [-0.4, -0.2) is 21.9 Å². The van der Waals surface area contributed by atoms with Gasteiger partial charge in [-0.1, -0.05) is 27.7 Å². The van der Waals surface area contributed by atoms with Gasteiger partial charge in [-0.15, -0.1) is 0 Å². The molecule has 0 aliphatic heterocycles. The van der Waals surface area contributed by atoms with Gasteiger partial charge in [0, 0.05) is 0 Å². The average molecular weight is 405 g/mol. The fraction of sp³-hybridized carbons (Fsp3) is 1.00. The Morgan fingerprint density at radius 1 is 0.862 bits per heavy atom. The predicted molar refractivity (Wildman–Crippen MR) is 121 cm³/mol. The summed E-state index contributed by atoms with van der Waals surface area (Å²) in [4.78, 5) is 0. The molecule has 168 valence electrons. The van der Waals surface area contributed by atoms with E-state index < -0.39 is 5.60 Å². The van der Waals surface area contributed by atoms with Crippen LogP contribution in [0.25, 0.3) is 0 Å². The highest BCUT2D eigenvalue weighted by molar-refractivity contribution is 5.10. The second kappa shape index (κ2) is 7.80. The second-order valence-electron chi connectivity index (χ2n) is 12.7. The molecule has 29 heavy (non-hydrogen) atoms. The van der Waals surface area contributed by atoms with Crippen LogP contribution in [0, 0.1) is 46.3 Å². The minimum atomic E-state index is -0.420. The van der Waals surface area contributed by atoms with Gasteiger partial charge in [-0.25, -0.2) is 0 Å². The fourth-order valence-corrected chi connectivity index (χ4v) is 9.27. The van der Waals surface area contributed by atoms with E-state index >= 15 is 0 Å². The molecule has 4 saturated carbocycles. The van der Waals surface area contributed by atoms with Gasteiger partial charge >= 0.3 is 0 Å². The maximum Gasteiger partial charge on any atom is 0.0622 e. The zero-order valence-corrected chi connectivity index (χ0v) is 19.9. The lowest BCUT2D eigenvalue weighted by molar-refractivity contribution is -0.148. The van der Waals surface area contributed by atoms with Crippen molar-refractivity contribution >= 4 is 0 Å². The molecule has 2 heteroatoms. The van der Waals surface area contributed by atoms with Gasteiger partial charge in [0.2, 0.25) is 0 Å². The molecule has 0 saturated heterocycles. The van der Waals surface area contributed by atoms with Crippen LogP contribution in [0.2, 0.25) is 0 Å². The van der Waals surface area contributed by atoms with Crippen molar-refractivity contribution < 1.29 is 10.2 Å². The van der Waals surface area contributed by atoms with Crippen LogP contribution >= 0.6 is 0 Å². The van der Waals surface area contributed by atoms with Gasteiger partial charge in [-0.05, 0) is 130 Å². The minimum absolute atomic E-state index is 0.100. The highest BCUT2D eigenvalue weighted by atomic mass is 16.3. The van der Waals surface area contributed by atoms with E-state index in [9.17, 15) is 10.2 Å².